The summed E-state index contributed by atoms with van der Waals surface area (Å²) in [6.45, 7) is -1.12. The fourth-order valence-electron chi connectivity index (χ4n) is 2.14. The molecule has 5 nitrogen and oxygen atoms in total. The summed E-state index contributed by atoms with van der Waals surface area (Å²) in [6, 6.07) is 4.04. The van der Waals surface area contributed by atoms with Crippen LogP contribution in [0.5, 0.6) is 0 Å². The van der Waals surface area contributed by atoms with Crippen LogP contribution < -0.4 is 5.32 Å². The van der Waals surface area contributed by atoms with Crippen molar-refractivity contribution in [2.24, 2.45) is 0 Å². The van der Waals surface area contributed by atoms with Crippen molar-refractivity contribution in [2.75, 3.05) is 5.32 Å². The van der Waals surface area contributed by atoms with Crippen molar-refractivity contribution >= 4 is 38.3 Å². The van der Waals surface area contributed by atoms with Crippen molar-refractivity contribution in [1.82, 2.24) is 14.5 Å². The summed E-state index contributed by atoms with van der Waals surface area (Å²) in [7, 11) is 0. The summed E-state index contributed by atoms with van der Waals surface area (Å²) in [5.74, 6) is -1.31. The summed E-state index contributed by atoms with van der Waals surface area (Å²) in [5.41, 5.74) is 0.288. The third kappa shape index (κ3) is 3.59. The highest BCUT2D eigenvalue weighted by Gasteiger charge is 2.20. The van der Waals surface area contributed by atoms with Gasteiger partial charge in [-0.3, -0.25) is 14.7 Å². The standard InChI is InChI=1S/C15H10BrF3N4OS/c1-7-11(12-20-4-5-23(12)14(18)19)25-15(21-7)22-13(24)9-3-2-8(16)6-10(9)17/h2-6,14H,1H3,(H,21,22,24). The minimum atomic E-state index is -2.74. The van der Waals surface area contributed by atoms with E-state index in [2.05, 4.69) is 31.2 Å². The van der Waals surface area contributed by atoms with Gasteiger partial charge in [0.15, 0.2) is 11.0 Å². The van der Waals surface area contributed by atoms with Crippen molar-refractivity contribution in [3.63, 3.8) is 0 Å². The van der Waals surface area contributed by atoms with Crippen LogP contribution in [0.15, 0.2) is 35.1 Å². The van der Waals surface area contributed by atoms with Gasteiger partial charge in [0.05, 0.1) is 16.1 Å². The number of benzene rings is 1. The number of aromatic nitrogens is 3. The lowest BCUT2D eigenvalue weighted by molar-refractivity contribution is 0.0720. The Balaban J connectivity index is 1.88. The van der Waals surface area contributed by atoms with E-state index in [-0.39, 0.29) is 16.5 Å². The van der Waals surface area contributed by atoms with Crippen LogP contribution in [-0.2, 0) is 0 Å². The lowest BCUT2D eigenvalue weighted by Crippen LogP contribution is -2.13. The largest absolute Gasteiger partial charge is 0.320 e. The summed E-state index contributed by atoms with van der Waals surface area (Å²) >= 11 is 4.10. The predicted molar refractivity (Wildman–Crippen MR) is 91.4 cm³/mol. The van der Waals surface area contributed by atoms with Gasteiger partial charge in [0.1, 0.15) is 5.82 Å². The van der Waals surface area contributed by atoms with E-state index in [0.29, 0.717) is 19.6 Å². The molecule has 0 radical (unpaired) electrons. The van der Waals surface area contributed by atoms with Gasteiger partial charge in [-0.2, -0.15) is 8.78 Å². The zero-order valence-electron chi connectivity index (χ0n) is 12.6. The lowest BCUT2D eigenvalue weighted by Gasteiger charge is -2.04. The molecule has 0 fully saturated rings. The monoisotopic (exact) mass is 430 g/mol. The van der Waals surface area contributed by atoms with E-state index in [1.54, 1.807) is 6.92 Å². The summed E-state index contributed by atoms with van der Waals surface area (Å²) in [5, 5.41) is 2.65. The van der Waals surface area contributed by atoms with Gasteiger partial charge in [0, 0.05) is 16.9 Å². The Morgan fingerprint density at radius 3 is 2.84 bits per heavy atom. The molecule has 25 heavy (non-hydrogen) atoms. The molecule has 0 saturated carbocycles. The first-order chi connectivity index (χ1) is 11.9. The molecule has 0 spiro atoms. The minimum absolute atomic E-state index is 0.0559. The predicted octanol–water partition coefficient (Wildman–Crippen LogP) is 4.86. The molecule has 0 aliphatic rings. The van der Waals surface area contributed by atoms with Gasteiger partial charge in [-0.05, 0) is 25.1 Å². The number of rotatable bonds is 4. The van der Waals surface area contributed by atoms with Gasteiger partial charge in [-0.25, -0.2) is 14.4 Å². The van der Waals surface area contributed by atoms with Crippen molar-refractivity contribution in [3.8, 4) is 10.7 Å². The summed E-state index contributed by atoms with van der Waals surface area (Å²) in [4.78, 5) is 20.6. The Morgan fingerprint density at radius 1 is 1.40 bits per heavy atom. The zero-order valence-corrected chi connectivity index (χ0v) is 15.0. The Labute approximate surface area is 152 Å². The van der Waals surface area contributed by atoms with Gasteiger partial charge in [0.2, 0.25) is 0 Å². The van der Waals surface area contributed by atoms with Crippen LogP contribution in [0.25, 0.3) is 10.7 Å². The van der Waals surface area contributed by atoms with E-state index < -0.39 is 18.3 Å². The van der Waals surface area contributed by atoms with E-state index in [0.717, 1.165) is 17.5 Å². The van der Waals surface area contributed by atoms with Crippen LogP contribution in [0.2, 0.25) is 0 Å². The molecule has 10 heteroatoms. The molecule has 2 heterocycles. The van der Waals surface area contributed by atoms with Crippen molar-refractivity contribution < 1.29 is 18.0 Å². The highest BCUT2D eigenvalue weighted by molar-refractivity contribution is 9.10. The zero-order chi connectivity index (χ0) is 18.1. The smallest absolute Gasteiger partial charge is 0.298 e. The second kappa shape index (κ2) is 6.96. The number of carbonyl (C=O) groups is 1. The first-order valence-electron chi connectivity index (χ1n) is 6.92. The quantitative estimate of drug-likeness (QED) is 0.642. The Morgan fingerprint density at radius 2 is 2.16 bits per heavy atom. The van der Waals surface area contributed by atoms with E-state index in [9.17, 15) is 18.0 Å². The maximum absolute atomic E-state index is 13.8. The third-order valence-corrected chi connectivity index (χ3v) is 4.84. The van der Waals surface area contributed by atoms with E-state index >= 15 is 0 Å². The molecule has 1 amide bonds. The van der Waals surface area contributed by atoms with Crippen LogP contribution in [0, 0.1) is 12.7 Å². The first-order valence-corrected chi connectivity index (χ1v) is 8.53. The second-order valence-electron chi connectivity index (χ2n) is 4.95. The number of thiazole rings is 1. The second-order valence-corrected chi connectivity index (χ2v) is 6.86. The highest BCUT2D eigenvalue weighted by atomic mass is 79.9. The Hall–Kier alpha value is -2.20. The molecule has 3 rings (SSSR count). The SMILES string of the molecule is Cc1nc(NC(=O)c2ccc(Br)cc2F)sc1-c1nccn1C(F)F. The number of anilines is 1. The number of carbonyl (C=O) groups excluding carboxylic acids is 1. The number of halogens is 4. The minimum Gasteiger partial charge on any atom is -0.298 e. The molecule has 0 aliphatic carbocycles. The van der Waals surface area contributed by atoms with Gasteiger partial charge < -0.3 is 0 Å². The lowest BCUT2D eigenvalue weighted by atomic mass is 10.2. The maximum Gasteiger partial charge on any atom is 0.320 e. The number of aryl methyl sites for hydroxylation is 1. The van der Waals surface area contributed by atoms with Gasteiger partial charge in [-0.15, -0.1) is 0 Å². The number of hydrogen-bond donors (Lipinski definition) is 1. The molecule has 1 N–H and O–H groups in total. The Bertz CT molecular complexity index is 941. The fourth-order valence-corrected chi connectivity index (χ4v) is 3.44. The molecule has 0 atom stereocenters. The Kier molecular flexibility index (Phi) is 4.91. The van der Waals surface area contributed by atoms with Crippen LogP contribution in [0.4, 0.5) is 18.3 Å². The van der Waals surface area contributed by atoms with E-state index in [1.807, 2.05) is 0 Å². The third-order valence-electron chi connectivity index (χ3n) is 3.27. The van der Waals surface area contributed by atoms with Crippen LogP contribution >= 0.6 is 27.3 Å². The first kappa shape index (κ1) is 17.6. The van der Waals surface area contributed by atoms with Gasteiger partial charge in [0.25, 0.3) is 5.91 Å². The normalized spacial score (nSPS) is 11.1. The summed E-state index contributed by atoms with van der Waals surface area (Å²) < 4.78 is 41.0. The number of nitrogens with zero attached hydrogens (tertiary/aromatic N) is 3. The van der Waals surface area contributed by atoms with Crippen LogP contribution in [0.1, 0.15) is 22.6 Å². The van der Waals surface area contributed by atoms with Crippen LogP contribution in [-0.4, -0.2) is 20.4 Å². The molecular weight excluding hydrogens is 421 g/mol. The molecule has 0 saturated heterocycles. The van der Waals surface area contributed by atoms with Crippen molar-refractivity contribution in [2.45, 2.75) is 13.5 Å². The molecule has 0 unspecified atom stereocenters. The van der Waals surface area contributed by atoms with Gasteiger partial charge in [-0.1, -0.05) is 27.3 Å². The molecule has 0 aliphatic heterocycles. The van der Waals surface area contributed by atoms with Crippen molar-refractivity contribution in [1.29, 1.82) is 0 Å². The maximum atomic E-state index is 13.8. The molecule has 3 aromatic rings. The highest BCUT2D eigenvalue weighted by Crippen LogP contribution is 2.33. The van der Waals surface area contributed by atoms with Gasteiger partial charge >= 0.3 is 6.55 Å². The number of hydrogen-bond acceptors (Lipinski definition) is 4. The average molecular weight is 431 g/mol. The van der Waals surface area contributed by atoms with E-state index in [4.69, 9.17) is 0 Å². The van der Waals surface area contributed by atoms with E-state index in [1.165, 1.54) is 24.4 Å². The molecule has 1 aromatic carbocycles. The number of nitrogens with one attached hydrogen (secondary N) is 1. The van der Waals surface area contributed by atoms with Crippen molar-refractivity contribution in [3.05, 3.63) is 52.1 Å². The molecule has 0 bridgehead atoms. The van der Waals surface area contributed by atoms with Crippen LogP contribution in [0.3, 0.4) is 0 Å². The average Bonchev–Trinajstić information content (AvgIpc) is 3.13. The molecule has 130 valence electrons. The summed E-state index contributed by atoms with van der Waals surface area (Å²) in [6.07, 6.45) is 2.42. The number of imidazole rings is 1. The number of alkyl halides is 2. The number of amides is 1. The topological polar surface area (TPSA) is 59.8 Å². The molecular formula is C15H10BrF3N4OS. The molecule has 2 aromatic heterocycles. The fraction of sp³-hybridized carbons (Fsp3) is 0.133.